The number of H-pyrrole nitrogens is 1. The summed E-state index contributed by atoms with van der Waals surface area (Å²) in [7, 11) is 0. The molecule has 176 valence electrons. The molecule has 11 nitrogen and oxygen atoms in total. The highest BCUT2D eigenvalue weighted by molar-refractivity contribution is 6.22. The molecule has 0 spiro atoms. The van der Waals surface area contributed by atoms with Gasteiger partial charge in [-0.15, -0.1) is 0 Å². The molecule has 2 aromatic carbocycles. The molecule has 3 heterocycles. The van der Waals surface area contributed by atoms with Crippen molar-refractivity contribution in [2.75, 3.05) is 5.32 Å². The van der Waals surface area contributed by atoms with E-state index in [1.165, 1.54) is 19.9 Å². The van der Waals surface area contributed by atoms with E-state index in [-0.39, 0.29) is 11.5 Å². The Morgan fingerprint density at radius 2 is 1.77 bits per heavy atom. The quantitative estimate of drug-likeness (QED) is 0.254. The monoisotopic (exact) mass is 474 g/mol. The molecule has 4 aromatic rings. The van der Waals surface area contributed by atoms with Crippen molar-refractivity contribution >= 4 is 51.6 Å². The van der Waals surface area contributed by atoms with E-state index in [0.29, 0.717) is 21.3 Å². The summed E-state index contributed by atoms with van der Waals surface area (Å²) in [4.78, 5) is 72.6. The first-order chi connectivity index (χ1) is 16.7. The lowest BCUT2D eigenvalue weighted by atomic mass is 10.0. The Morgan fingerprint density at radius 3 is 2.49 bits per heavy atom. The van der Waals surface area contributed by atoms with Gasteiger partial charge in [-0.3, -0.25) is 19.7 Å². The molecule has 1 aliphatic heterocycles. The predicted octanol–water partition coefficient (Wildman–Crippen LogP) is 2.62. The van der Waals surface area contributed by atoms with E-state index in [1.54, 1.807) is 48.5 Å². The summed E-state index contributed by atoms with van der Waals surface area (Å²) in [5, 5.41) is 2.84. The van der Waals surface area contributed by atoms with Crippen LogP contribution in [0.5, 0.6) is 0 Å². The minimum atomic E-state index is -2.05. The van der Waals surface area contributed by atoms with E-state index >= 15 is 0 Å². The van der Waals surface area contributed by atoms with Gasteiger partial charge in [0.1, 0.15) is 11.1 Å². The van der Waals surface area contributed by atoms with E-state index in [4.69, 9.17) is 9.15 Å². The zero-order chi connectivity index (χ0) is 24.9. The number of nitrogens with zero attached hydrogens (tertiary/aromatic N) is 2. The second-order valence-corrected chi connectivity index (χ2v) is 8.40. The Balaban J connectivity index is 1.58. The van der Waals surface area contributed by atoms with Gasteiger partial charge in [0.2, 0.25) is 11.7 Å². The van der Waals surface area contributed by atoms with Crippen molar-refractivity contribution in [2.24, 2.45) is 0 Å². The summed E-state index contributed by atoms with van der Waals surface area (Å²) in [6.07, 6.45) is -1.19. The van der Waals surface area contributed by atoms with Crippen LogP contribution in [0, 0.1) is 0 Å². The SMILES string of the molecule is CC1(C)OC(=O)N(C(C(=O)Nc2nc3ccccc3[nH]2)C(=O)c2cc3ccccc3oc2=O)C1=O. The molecule has 0 bridgehead atoms. The van der Waals surface area contributed by atoms with Gasteiger partial charge in [-0.05, 0) is 38.1 Å². The van der Waals surface area contributed by atoms with E-state index in [2.05, 4.69) is 15.3 Å². The van der Waals surface area contributed by atoms with Crippen LogP contribution in [0.2, 0.25) is 0 Å². The number of cyclic esters (lactones) is 1. The summed E-state index contributed by atoms with van der Waals surface area (Å²) in [5.41, 5.74) is -1.75. The topological polar surface area (TPSA) is 152 Å². The Morgan fingerprint density at radius 1 is 1.06 bits per heavy atom. The zero-order valence-electron chi connectivity index (χ0n) is 18.5. The number of fused-ring (bicyclic) bond motifs is 2. The van der Waals surface area contributed by atoms with Crippen molar-refractivity contribution < 1.29 is 28.3 Å². The fourth-order valence-corrected chi connectivity index (χ4v) is 3.84. The van der Waals surface area contributed by atoms with Gasteiger partial charge in [0.15, 0.2) is 11.6 Å². The Hall–Kier alpha value is -4.80. The third-order valence-electron chi connectivity index (χ3n) is 5.57. The highest BCUT2D eigenvalue weighted by Gasteiger charge is 2.54. The maximum Gasteiger partial charge on any atom is 0.418 e. The maximum absolute atomic E-state index is 13.5. The predicted molar refractivity (Wildman–Crippen MR) is 123 cm³/mol. The smallest absolute Gasteiger partial charge is 0.418 e. The molecule has 1 unspecified atom stereocenters. The molecule has 0 aliphatic carbocycles. The number of ether oxygens (including phenoxy) is 1. The van der Waals surface area contributed by atoms with Crippen molar-refractivity contribution in [2.45, 2.75) is 25.5 Å². The molecule has 1 aliphatic rings. The number of amides is 3. The fraction of sp³-hybridized carbons (Fsp3) is 0.167. The van der Waals surface area contributed by atoms with Crippen LogP contribution in [-0.4, -0.2) is 50.2 Å². The van der Waals surface area contributed by atoms with Crippen molar-refractivity contribution in [3.63, 3.8) is 0 Å². The number of aromatic amines is 1. The number of rotatable bonds is 5. The van der Waals surface area contributed by atoms with Gasteiger partial charge in [0, 0.05) is 5.39 Å². The van der Waals surface area contributed by atoms with Crippen LogP contribution in [-0.2, 0) is 14.3 Å². The zero-order valence-corrected chi connectivity index (χ0v) is 18.5. The lowest BCUT2D eigenvalue weighted by Crippen LogP contribution is -2.53. The number of nitrogens with one attached hydrogen (secondary N) is 2. The molecule has 2 N–H and O–H groups in total. The number of carbonyl (C=O) groups is 4. The van der Waals surface area contributed by atoms with Gasteiger partial charge in [0.25, 0.3) is 11.8 Å². The van der Waals surface area contributed by atoms with Gasteiger partial charge in [0.05, 0.1) is 11.0 Å². The molecule has 3 amide bonds. The number of para-hydroxylation sites is 3. The van der Waals surface area contributed by atoms with Crippen LogP contribution in [0.15, 0.2) is 63.8 Å². The van der Waals surface area contributed by atoms with Crippen LogP contribution in [0.4, 0.5) is 10.7 Å². The number of benzene rings is 2. The van der Waals surface area contributed by atoms with Crippen LogP contribution in [0.25, 0.3) is 22.0 Å². The Kier molecular flexibility index (Phi) is 4.97. The van der Waals surface area contributed by atoms with Gasteiger partial charge in [-0.2, -0.15) is 0 Å². The normalized spacial score (nSPS) is 15.9. The highest BCUT2D eigenvalue weighted by atomic mass is 16.6. The molecule has 11 heteroatoms. The van der Waals surface area contributed by atoms with E-state index < -0.39 is 46.5 Å². The van der Waals surface area contributed by atoms with Gasteiger partial charge < -0.3 is 14.1 Å². The van der Waals surface area contributed by atoms with E-state index in [0.717, 1.165) is 0 Å². The molecule has 35 heavy (non-hydrogen) atoms. The second-order valence-electron chi connectivity index (χ2n) is 8.40. The Labute approximate surface area is 196 Å². The molecule has 0 radical (unpaired) electrons. The average Bonchev–Trinajstić information content (AvgIpc) is 3.30. The van der Waals surface area contributed by atoms with Gasteiger partial charge in [-0.1, -0.05) is 30.3 Å². The standard InChI is InChI=1S/C24H18N4O7/c1-24(2)21(32)28(23(33)35-24)17(19(30)27-22-25-14-8-4-5-9-15(14)26-22)18(29)13-11-12-7-3-6-10-16(12)34-20(13)31/h3-11,17H,1-2H3,(H2,25,26,27,30). The maximum atomic E-state index is 13.5. The van der Waals surface area contributed by atoms with Crippen LogP contribution in [0.1, 0.15) is 24.2 Å². The first kappa shape index (κ1) is 22.0. The second kappa shape index (κ2) is 7.90. The highest BCUT2D eigenvalue weighted by Crippen LogP contribution is 2.27. The number of hydrogen-bond donors (Lipinski definition) is 2. The van der Waals surface area contributed by atoms with E-state index in [1.807, 2.05) is 0 Å². The number of ketones is 1. The fourth-order valence-electron chi connectivity index (χ4n) is 3.84. The third-order valence-corrected chi connectivity index (χ3v) is 5.57. The first-order valence-corrected chi connectivity index (χ1v) is 10.5. The summed E-state index contributed by atoms with van der Waals surface area (Å²) in [6.45, 7) is 2.66. The molecule has 5 rings (SSSR count). The molecular formula is C24H18N4O7. The lowest BCUT2D eigenvalue weighted by Gasteiger charge is -2.22. The molecule has 1 saturated heterocycles. The largest absolute Gasteiger partial charge is 0.433 e. The number of imide groups is 1. The number of carbonyl (C=O) groups excluding carboxylic acids is 4. The van der Waals surface area contributed by atoms with Crippen LogP contribution >= 0.6 is 0 Å². The Bertz CT molecular complexity index is 1570. The molecular weight excluding hydrogens is 456 g/mol. The summed E-state index contributed by atoms with van der Waals surface area (Å²) < 4.78 is 10.3. The molecule has 1 fully saturated rings. The van der Waals surface area contributed by atoms with E-state index in [9.17, 15) is 24.0 Å². The minimum Gasteiger partial charge on any atom is -0.433 e. The summed E-state index contributed by atoms with van der Waals surface area (Å²) in [5.74, 6) is -3.10. The number of aromatic nitrogens is 2. The van der Waals surface area contributed by atoms with Crippen molar-refractivity contribution in [3.05, 3.63) is 70.6 Å². The number of hydrogen-bond acceptors (Lipinski definition) is 8. The molecule has 1 atom stereocenters. The van der Waals surface area contributed by atoms with Crippen LogP contribution in [0.3, 0.4) is 0 Å². The average molecular weight is 474 g/mol. The van der Waals surface area contributed by atoms with Crippen LogP contribution < -0.4 is 10.9 Å². The van der Waals surface area contributed by atoms with Gasteiger partial charge in [-0.25, -0.2) is 19.5 Å². The third kappa shape index (κ3) is 3.72. The van der Waals surface area contributed by atoms with Crippen molar-refractivity contribution in [1.29, 1.82) is 0 Å². The molecule has 0 saturated carbocycles. The van der Waals surface area contributed by atoms with Gasteiger partial charge >= 0.3 is 11.7 Å². The number of Topliss-reactive ketones (excluding diaryl/α,β-unsaturated/α-hetero) is 1. The minimum absolute atomic E-state index is 0.0150. The lowest BCUT2D eigenvalue weighted by molar-refractivity contribution is -0.137. The van der Waals surface area contributed by atoms with Crippen molar-refractivity contribution in [1.82, 2.24) is 14.9 Å². The number of imidazole rings is 1. The summed E-state index contributed by atoms with van der Waals surface area (Å²) in [6, 6.07) is 12.6. The first-order valence-electron chi connectivity index (χ1n) is 10.5. The summed E-state index contributed by atoms with van der Waals surface area (Å²) >= 11 is 0. The van der Waals surface area contributed by atoms with Crippen molar-refractivity contribution in [3.8, 4) is 0 Å². The number of anilines is 1. The molecule has 2 aromatic heterocycles.